The van der Waals surface area contributed by atoms with E-state index in [1.807, 2.05) is 0 Å². The number of fused-ring (bicyclic) bond motifs is 1. The van der Waals surface area contributed by atoms with Crippen LogP contribution in [0.2, 0.25) is 0 Å². The van der Waals surface area contributed by atoms with Crippen molar-refractivity contribution in [3.05, 3.63) is 34.8 Å². The third kappa shape index (κ3) is 2.14. The summed E-state index contributed by atoms with van der Waals surface area (Å²) in [6.07, 6.45) is 2.93. The molecule has 0 atom stereocenters. The number of phenolic OH excluding ortho intramolecular Hbond substituents is 2. The SMILES string of the molecule is Oc1ccc(Br)c(O)c1CNc1ncnc2[nH]cnc12. The maximum Gasteiger partial charge on any atom is 0.162 e. The Labute approximate surface area is 121 Å². The number of aromatic nitrogens is 4. The van der Waals surface area contributed by atoms with Crippen LogP contribution in [0.5, 0.6) is 11.5 Å². The Morgan fingerprint density at radius 1 is 1.20 bits per heavy atom. The number of hydrogen-bond acceptors (Lipinski definition) is 6. The van der Waals surface area contributed by atoms with Crippen molar-refractivity contribution in [1.82, 2.24) is 19.9 Å². The summed E-state index contributed by atoms with van der Waals surface area (Å²) >= 11 is 3.21. The third-order valence-corrected chi connectivity index (χ3v) is 3.50. The largest absolute Gasteiger partial charge is 0.507 e. The summed E-state index contributed by atoms with van der Waals surface area (Å²) in [6.45, 7) is 0.204. The Morgan fingerprint density at radius 3 is 2.90 bits per heavy atom. The summed E-state index contributed by atoms with van der Waals surface area (Å²) in [5, 5.41) is 22.7. The highest BCUT2D eigenvalue weighted by Gasteiger charge is 2.12. The number of hydrogen-bond donors (Lipinski definition) is 4. The van der Waals surface area contributed by atoms with Crippen LogP contribution in [0.1, 0.15) is 5.56 Å². The minimum absolute atomic E-state index is 0.00512. The van der Waals surface area contributed by atoms with Crippen LogP contribution in [0.3, 0.4) is 0 Å². The van der Waals surface area contributed by atoms with Crippen LogP contribution in [-0.2, 0) is 6.54 Å². The van der Waals surface area contributed by atoms with E-state index in [4.69, 9.17) is 0 Å². The maximum absolute atomic E-state index is 9.93. The van der Waals surface area contributed by atoms with Crippen LogP contribution >= 0.6 is 15.9 Å². The van der Waals surface area contributed by atoms with Gasteiger partial charge in [-0.25, -0.2) is 15.0 Å². The number of rotatable bonds is 3. The summed E-state index contributed by atoms with van der Waals surface area (Å²) in [7, 11) is 0. The molecule has 0 amide bonds. The number of aromatic amines is 1. The second-order valence-electron chi connectivity index (χ2n) is 4.07. The summed E-state index contributed by atoms with van der Waals surface area (Å²) in [6, 6.07) is 3.08. The topological polar surface area (TPSA) is 107 Å². The zero-order valence-electron chi connectivity index (χ0n) is 10.1. The van der Waals surface area contributed by atoms with Crippen LogP contribution in [0.4, 0.5) is 5.82 Å². The summed E-state index contributed by atoms with van der Waals surface area (Å²) < 4.78 is 0.514. The van der Waals surface area contributed by atoms with Gasteiger partial charge in [0, 0.05) is 6.54 Å². The number of nitrogens with zero attached hydrogens (tertiary/aromatic N) is 3. The van der Waals surface area contributed by atoms with Gasteiger partial charge in [0.1, 0.15) is 23.3 Å². The van der Waals surface area contributed by atoms with Gasteiger partial charge in [0.05, 0.1) is 16.4 Å². The fourth-order valence-electron chi connectivity index (χ4n) is 1.84. The molecule has 1 aromatic carbocycles. The average molecular weight is 336 g/mol. The fraction of sp³-hybridized carbons (Fsp3) is 0.0833. The molecule has 8 heteroatoms. The molecule has 0 spiro atoms. The highest BCUT2D eigenvalue weighted by Crippen LogP contribution is 2.34. The van der Waals surface area contributed by atoms with Gasteiger partial charge in [-0.2, -0.15) is 0 Å². The molecular weight excluding hydrogens is 326 g/mol. The molecule has 3 aromatic rings. The normalized spacial score (nSPS) is 10.8. The summed E-state index contributed by atoms with van der Waals surface area (Å²) in [5.41, 5.74) is 1.59. The zero-order valence-corrected chi connectivity index (χ0v) is 11.7. The molecule has 0 saturated heterocycles. The molecule has 7 nitrogen and oxygen atoms in total. The Balaban J connectivity index is 1.90. The van der Waals surface area contributed by atoms with Crippen molar-refractivity contribution in [3.8, 4) is 11.5 Å². The first kappa shape index (κ1) is 12.7. The lowest BCUT2D eigenvalue weighted by Crippen LogP contribution is -2.03. The summed E-state index contributed by atoms with van der Waals surface area (Å²) in [4.78, 5) is 15.1. The third-order valence-electron chi connectivity index (χ3n) is 2.86. The molecule has 0 aliphatic carbocycles. The number of phenols is 2. The van der Waals surface area contributed by atoms with Crippen LogP contribution in [0.25, 0.3) is 11.2 Å². The molecular formula is C12H10BrN5O2. The van der Waals surface area contributed by atoms with E-state index in [-0.39, 0.29) is 18.0 Å². The molecule has 0 saturated carbocycles. The Hall–Kier alpha value is -2.35. The number of benzene rings is 1. The molecule has 0 bridgehead atoms. The molecule has 3 rings (SSSR count). The number of nitrogens with one attached hydrogen (secondary N) is 2. The van der Waals surface area contributed by atoms with E-state index >= 15 is 0 Å². The number of H-pyrrole nitrogens is 1. The van der Waals surface area contributed by atoms with E-state index in [9.17, 15) is 10.2 Å². The molecule has 102 valence electrons. The van der Waals surface area contributed by atoms with Gasteiger partial charge in [0.2, 0.25) is 0 Å². The van der Waals surface area contributed by atoms with E-state index in [1.54, 1.807) is 6.07 Å². The molecule has 0 radical (unpaired) electrons. The van der Waals surface area contributed by atoms with Gasteiger partial charge in [-0.05, 0) is 28.1 Å². The van der Waals surface area contributed by atoms with Crippen LogP contribution in [0, 0.1) is 0 Å². The zero-order chi connectivity index (χ0) is 14.1. The maximum atomic E-state index is 9.93. The first-order valence-corrected chi connectivity index (χ1v) is 6.53. The first-order valence-electron chi connectivity index (χ1n) is 5.74. The summed E-state index contributed by atoms with van der Waals surface area (Å²) in [5.74, 6) is 0.519. The van der Waals surface area contributed by atoms with Crippen LogP contribution in [0.15, 0.2) is 29.3 Å². The second kappa shape index (κ2) is 4.97. The van der Waals surface area contributed by atoms with Gasteiger partial charge in [0.15, 0.2) is 11.5 Å². The average Bonchev–Trinajstić information content (AvgIpc) is 2.92. The van der Waals surface area contributed by atoms with E-state index < -0.39 is 0 Å². The Kier molecular flexibility index (Phi) is 3.15. The molecule has 20 heavy (non-hydrogen) atoms. The molecule has 2 aromatic heterocycles. The van der Waals surface area contributed by atoms with E-state index in [0.29, 0.717) is 27.0 Å². The molecule has 0 unspecified atom stereocenters. The molecule has 4 N–H and O–H groups in total. The van der Waals surface area contributed by atoms with Gasteiger partial charge in [-0.3, -0.25) is 0 Å². The lowest BCUT2D eigenvalue weighted by molar-refractivity contribution is 0.437. The molecule has 2 heterocycles. The Bertz CT molecular complexity index is 774. The van der Waals surface area contributed by atoms with Crippen molar-refractivity contribution in [3.63, 3.8) is 0 Å². The number of aromatic hydroxyl groups is 2. The standard InChI is InChI=1S/C12H10BrN5O2/c13-7-1-2-8(19)6(10(7)20)3-14-11-9-12(16-4-15-9)18-5-17-11/h1-2,4-5,19-20H,3H2,(H2,14,15,16,17,18). The lowest BCUT2D eigenvalue weighted by atomic mass is 10.2. The highest BCUT2D eigenvalue weighted by atomic mass is 79.9. The number of anilines is 1. The first-order chi connectivity index (χ1) is 9.66. The minimum Gasteiger partial charge on any atom is -0.507 e. The second-order valence-corrected chi connectivity index (χ2v) is 4.92. The fourth-order valence-corrected chi connectivity index (χ4v) is 2.21. The van der Waals surface area contributed by atoms with Gasteiger partial charge in [0.25, 0.3) is 0 Å². The molecule has 0 aliphatic rings. The van der Waals surface area contributed by atoms with Crippen molar-refractivity contribution in [2.45, 2.75) is 6.54 Å². The smallest absolute Gasteiger partial charge is 0.162 e. The van der Waals surface area contributed by atoms with Crippen molar-refractivity contribution in [2.75, 3.05) is 5.32 Å². The number of halogens is 1. The van der Waals surface area contributed by atoms with Crippen LogP contribution < -0.4 is 5.32 Å². The van der Waals surface area contributed by atoms with E-state index in [2.05, 4.69) is 41.2 Å². The van der Waals surface area contributed by atoms with Gasteiger partial charge in [-0.1, -0.05) is 0 Å². The quantitative estimate of drug-likeness (QED) is 0.584. The molecule has 0 aliphatic heterocycles. The minimum atomic E-state index is -0.00942. The predicted octanol–water partition coefficient (Wildman–Crippen LogP) is 2.14. The lowest BCUT2D eigenvalue weighted by Gasteiger charge is -2.10. The van der Waals surface area contributed by atoms with Crippen molar-refractivity contribution >= 4 is 32.9 Å². The van der Waals surface area contributed by atoms with Gasteiger partial charge >= 0.3 is 0 Å². The van der Waals surface area contributed by atoms with E-state index in [1.165, 1.54) is 18.7 Å². The van der Waals surface area contributed by atoms with Gasteiger partial charge < -0.3 is 20.5 Å². The monoisotopic (exact) mass is 335 g/mol. The van der Waals surface area contributed by atoms with Crippen molar-refractivity contribution < 1.29 is 10.2 Å². The van der Waals surface area contributed by atoms with Crippen LogP contribution in [-0.4, -0.2) is 30.1 Å². The predicted molar refractivity (Wildman–Crippen MR) is 76.5 cm³/mol. The Morgan fingerprint density at radius 2 is 2.05 bits per heavy atom. The highest BCUT2D eigenvalue weighted by molar-refractivity contribution is 9.10. The van der Waals surface area contributed by atoms with E-state index in [0.717, 1.165) is 0 Å². The van der Waals surface area contributed by atoms with Crippen molar-refractivity contribution in [1.29, 1.82) is 0 Å². The van der Waals surface area contributed by atoms with Gasteiger partial charge in [-0.15, -0.1) is 0 Å². The number of imidazole rings is 1. The van der Waals surface area contributed by atoms with Crippen molar-refractivity contribution in [2.24, 2.45) is 0 Å². The molecule has 0 fully saturated rings.